The fourth-order valence-corrected chi connectivity index (χ4v) is 2.16. The van der Waals surface area contributed by atoms with Gasteiger partial charge in [-0.05, 0) is 47.9 Å². The van der Waals surface area contributed by atoms with Gasteiger partial charge in [-0.3, -0.25) is 4.79 Å². The zero-order valence-corrected chi connectivity index (χ0v) is 11.1. The van der Waals surface area contributed by atoms with E-state index in [4.69, 9.17) is 11.6 Å². The lowest BCUT2D eigenvalue weighted by molar-refractivity contribution is -0.138. The maximum atomic E-state index is 13.2. The predicted octanol–water partition coefficient (Wildman–Crippen LogP) is 4.03. The van der Waals surface area contributed by atoms with Crippen LogP contribution in [0.4, 0.5) is 8.78 Å². The van der Waals surface area contributed by atoms with Gasteiger partial charge >= 0.3 is 5.97 Å². The molecule has 0 aromatic heterocycles. The van der Waals surface area contributed by atoms with Gasteiger partial charge in [-0.2, -0.15) is 0 Å². The Hall–Kier alpha value is -1.94. The first-order chi connectivity index (χ1) is 9.47. The van der Waals surface area contributed by atoms with Crippen molar-refractivity contribution in [2.24, 2.45) is 0 Å². The van der Waals surface area contributed by atoms with Gasteiger partial charge in [-0.15, -0.1) is 0 Å². The SMILES string of the molecule is O=C(O)C(Cc1cc(F)ccc1Cl)c1ccc(F)cc1. The fraction of sp³-hybridized carbons (Fsp3) is 0.133. The zero-order valence-electron chi connectivity index (χ0n) is 10.3. The molecule has 0 spiro atoms. The van der Waals surface area contributed by atoms with Crippen LogP contribution in [0.5, 0.6) is 0 Å². The third kappa shape index (κ3) is 3.33. The largest absolute Gasteiger partial charge is 0.481 e. The highest BCUT2D eigenvalue weighted by molar-refractivity contribution is 6.31. The minimum Gasteiger partial charge on any atom is -0.481 e. The van der Waals surface area contributed by atoms with Crippen molar-refractivity contribution in [3.8, 4) is 0 Å². The highest BCUT2D eigenvalue weighted by atomic mass is 35.5. The molecule has 2 aromatic carbocycles. The van der Waals surface area contributed by atoms with Crippen molar-refractivity contribution in [2.45, 2.75) is 12.3 Å². The zero-order chi connectivity index (χ0) is 14.7. The number of rotatable bonds is 4. The van der Waals surface area contributed by atoms with E-state index in [-0.39, 0.29) is 6.42 Å². The van der Waals surface area contributed by atoms with Crippen molar-refractivity contribution < 1.29 is 18.7 Å². The Morgan fingerprint density at radius 2 is 1.70 bits per heavy atom. The van der Waals surface area contributed by atoms with E-state index < -0.39 is 23.5 Å². The van der Waals surface area contributed by atoms with E-state index in [0.29, 0.717) is 16.1 Å². The topological polar surface area (TPSA) is 37.3 Å². The molecule has 1 atom stereocenters. The molecule has 104 valence electrons. The molecular formula is C15H11ClF2O2. The predicted molar refractivity (Wildman–Crippen MR) is 71.9 cm³/mol. The van der Waals surface area contributed by atoms with Gasteiger partial charge in [-0.25, -0.2) is 8.78 Å². The molecule has 2 aromatic rings. The summed E-state index contributed by atoms with van der Waals surface area (Å²) in [7, 11) is 0. The van der Waals surface area contributed by atoms with Gasteiger partial charge in [0.25, 0.3) is 0 Å². The summed E-state index contributed by atoms with van der Waals surface area (Å²) in [6, 6.07) is 9.00. The normalized spacial score (nSPS) is 12.2. The molecule has 0 amide bonds. The highest BCUT2D eigenvalue weighted by Gasteiger charge is 2.21. The first-order valence-electron chi connectivity index (χ1n) is 5.89. The number of benzene rings is 2. The number of carboxylic acid groups (broad SMARTS) is 1. The molecule has 0 bridgehead atoms. The molecule has 0 aliphatic heterocycles. The van der Waals surface area contributed by atoms with Crippen LogP contribution in [-0.2, 0) is 11.2 Å². The molecule has 0 aliphatic carbocycles. The van der Waals surface area contributed by atoms with Gasteiger partial charge in [0.1, 0.15) is 11.6 Å². The molecule has 2 rings (SSSR count). The van der Waals surface area contributed by atoms with Gasteiger partial charge in [-0.1, -0.05) is 23.7 Å². The molecular weight excluding hydrogens is 286 g/mol. The highest BCUT2D eigenvalue weighted by Crippen LogP contribution is 2.26. The average molecular weight is 297 g/mol. The molecule has 0 saturated heterocycles. The van der Waals surface area contributed by atoms with Crippen LogP contribution in [0.25, 0.3) is 0 Å². The lowest BCUT2D eigenvalue weighted by Crippen LogP contribution is -2.14. The summed E-state index contributed by atoms with van der Waals surface area (Å²) >= 11 is 5.94. The van der Waals surface area contributed by atoms with E-state index >= 15 is 0 Å². The quantitative estimate of drug-likeness (QED) is 0.925. The fourth-order valence-electron chi connectivity index (χ4n) is 1.96. The Labute approximate surface area is 119 Å². The van der Waals surface area contributed by atoms with Crippen LogP contribution >= 0.6 is 11.6 Å². The van der Waals surface area contributed by atoms with Crippen molar-refractivity contribution in [3.05, 3.63) is 70.2 Å². The molecule has 5 heteroatoms. The molecule has 0 saturated carbocycles. The Bertz CT molecular complexity index is 626. The second-order valence-electron chi connectivity index (χ2n) is 4.38. The summed E-state index contributed by atoms with van der Waals surface area (Å²) in [5, 5.41) is 9.59. The molecule has 0 fully saturated rings. The van der Waals surface area contributed by atoms with Crippen LogP contribution in [0.1, 0.15) is 17.0 Å². The Morgan fingerprint density at radius 3 is 2.30 bits per heavy atom. The number of carbonyl (C=O) groups is 1. The van der Waals surface area contributed by atoms with Crippen LogP contribution in [0.2, 0.25) is 5.02 Å². The molecule has 1 N–H and O–H groups in total. The van der Waals surface area contributed by atoms with E-state index in [0.717, 1.165) is 0 Å². The second-order valence-corrected chi connectivity index (χ2v) is 4.79. The summed E-state index contributed by atoms with van der Waals surface area (Å²) in [4.78, 5) is 11.4. The van der Waals surface area contributed by atoms with Crippen molar-refractivity contribution in [1.29, 1.82) is 0 Å². The monoisotopic (exact) mass is 296 g/mol. The molecule has 0 heterocycles. The van der Waals surface area contributed by atoms with E-state index in [2.05, 4.69) is 0 Å². The van der Waals surface area contributed by atoms with E-state index in [1.807, 2.05) is 0 Å². The van der Waals surface area contributed by atoms with Crippen LogP contribution in [0.15, 0.2) is 42.5 Å². The Morgan fingerprint density at radius 1 is 1.10 bits per heavy atom. The van der Waals surface area contributed by atoms with Crippen LogP contribution in [0, 0.1) is 11.6 Å². The van der Waals surface area contributed by atoms with E-state index in [1.54, 1.807) is 0 Å². The van der Waals surface area contributed by atoms with Crippen molar-refractivity contribution in [3.63, 3.8) is 0 Å². The standard InChI is InChI=1S/C15H11ClF2O2/c16-14-6-5-12(18)7-10(14)8-13(15(19)20)9-1-3-11(17)4-2-9/h1-7,13H,8H2,(H,19,20). The second kappa shape index (κ2) is 6.01. The third-order valence-electron chi connectivity index (χ3n) is 3.00. The van der Waals surface area contributed by atoms with Crippen LogP contribution < -0.4 is 0 Å². The average Bonchev–Trinajstić information content (AvgIpc) is 2.40. The summed E-state index contributed by atoms with van der Waals surface area (Å²) in [5.41, 5.74) is 0.850. The number of carboxylic acids is 1. The van der Waals surface area contributed by atoms with Crippen molar-refractivity contribution >= 4 is 17.6 Å². The molecule has 1 unspecified atom stereocenters. The van der Waals surface area contributed by atoms with Crippen molar-refractivity contribution in [1.82, 2.24) is 0 Å². The smallest absolute Gasteiger partial charge is 0.311 e. The lowest BCUT2D eigenvalue weighted by atomic mass is 9.92. The summed E-state index contributed by atoms with van der Waals surface area (Å²) in [6.07, 6.45) is 0.0392. The lowest BCUT2D eigenvalue weighted by Gasteiger charge is -2.14. The van der Waals surface area contributed by atoms with Gasteiger partial charge in [0.05, 0.1) is 5.92 Å². The number of hydrogen-bond acceptors (Lipinski definition) is 1. The number of hydrogen-bond donors (Lipinski definition) is 1. The van der Waals surface area contributed by atoms with E-state index in [1.165, 1.54) is 42.5 Å². The summed E-state index contributed by atoms with van der Waals surface area (Å²) < 4.78 is 26.1. The van der Waals surface area contributed by atoms with E-state index in [9.17, 15) is 18.7 Å². The maximum absolute atomic E-state index is 13.2. The summed E-state index contributed by atoms with van der Waals surface area (Å²) in [6.45, 7) is 0. The maximum Gasteiger partial charge on any atom is 0.311 e. The molecule has 0 aliphatic rings. The van der Waals surface area contributed by atoms with Gasteiger partial charge in [0, 0.05) is 5.02 Å². The number of aliphatic carboxylic acids is 1. The minimum atomic E-state index is -1.07. The van der Waals surface area contributed by atoms with Gasteiger partial charge in [0.15, 0.2) is 0 Å². The minimum absolute atomic E-state index is 0.0392. The Kier molecular flexibility index (Phi) is 4.35. The Balaban J connectivity index is 2.32. The number of halogens is 3. The van der Waals surface area contributed by atoms with Gasteiger partial charge in [0.2, 0.25) is 0 Å². The third-order valence-corrected chi connectivity index (χ3v) is 3.37. The van der Waals surface area contributed by atoms with Gasteiger partial charge < -0.3 is 5.11 Å². The first-order valence-corrected chi connectivity index (χ1v) is 6.27. The molecule has 20 heavy (non-hydrogen) atoms. The molecule has 0 radical (unpaired) electrons. The first kappa shape index (κ1) is 14.5. The van der Waals surface area contributed by atoms with Crippen LogP contribution in [0.3, 0.4) is 0 Å². The van der Waals surface area contributed by atoms with Crippen LogP contribution in [-0.4, -0.2) is 11.1 Å². The summed E-state index contributed by atoms with van der Waals surface area (Å²) in [5.74, 6) is -2.90. The van der Waals surface area contributed by atoms with Crippen molar-refractivity contribution in [2.75, 3.05) is 0 Å². The molecule has 2 nitrogen and oxygen atoms in total.